The van der Waals surface area contributed by atoms with Crippen LogP contribution in [0.15, 0.2) is 18.2 Å². The number of hydrogen-bond donors (Lipinski definition) is 1. The molecule has 1 aromatic rings. The summed E-state index contributed by atoms with van der Waals surface area (Å²) in [5, 5.41) is 0. The fourth-order valence-electron chi connectivity index (χ4n) is 1.38. The van der Waals surface area contributed by atoms with Crippen LogP contribution in [0.2, 0.25) is 0 Å². The molecule has 0 bridgehead atoms. The molecule has 0 heterocycles. The first-order chi connectivity index (χ1) is 7.19. The van der Waals surface area contributed by atoms with Crippen molar-refractivity contribution >= 4 is 11.9 Å². The van der Waals surface area contributed by atoms with Gasteiger partial charge in [-0.3, -0.25) is 0 Å². The Morgan fingerprint density at radius 2 is 1.93 bits per heavy atom. The first kappa shape index (κ1) is 13.8. The van der Waals surface area contributed by atoms with Gasteiger partial charge in [-0.2, -0.15) is 0 Å². The molecule has 0 aromatic heterocycles. The molecular weight excluding hydrogens is 184 g/mol. The van der Waals surface area contributed by atoms with E-state index in [1.54, 1.807) is 0 Å². The van der Waals surface area contributed by atoms with Gasteiger partial charge in [0.2, 0.25) is 5.69 Å². The lowest BCUT2D eigenvalue weighted by Gasteiger charge is -2.02. The highest BCUT2D eigenvalue weighted by molar-refractivity contribution is 5.52. The monoisotopic (exact) mass is 207 g/mol. The molecule has 0 atom stereocenters. The van der Waals surface area contributed by atoms with Gasteiger partial charge in [-0.1, -0.05) is 19.9 Å². The van der Waals surface area contributed by atoms with Crippen LogP contribution in [0.1, 0.15) is 31.9 Å². The number of nitrogens with zero attached hydrogens (tertiary/aromatic N) is 1. The predicted octanol–water partition coefficient (Wildman–Crippen LogP) is 2.84. The van der Waals surface area contributed by atoms with Crippen molar-refractivity contribution in [2.45, 2.75) is 34.2 Å². The maximum Gasteiger partial charge on any atom is 0.207 e. The zero-order valence-electron chi connectivity index (χ0n) is 10.5. The number of nitrogens with two attached hydrogens (primary N) is 1. The Hall–Kier alpha value is -1.15. The van der Waals surface area contributed by atoms with Crippen molar-refractivity contribution in [2.24, 2.45) is 5.73 Å². The van der Waals surface area contributed by atoms with Gasteiger partial charge in [-0.15, -0.1) is 0 Å². The minimum Gasteiger partial charge on any atom is -0.326 e. The number of hydrogen-bond acceptors (Lipinski definition) is 1. The molecule has 1 rings (SSSR count). The van der Waals surface area contributed by atoms with Gasteiger partial charge >= 0.3 is 0 Å². The third-order valence-electron chi connectivity index (χ3n) is 2.26. The normalized spacial score (nSPS) is 10.7. The molecule has 0 aliphatic heterocycles. The molecule has 84 valence electrons. The summed E-state index contributed by atoms with van der Waals surface area (Å²) < 4.78 is 2.11. The summed E-state index contributed by atoms with van der Waals surface area (Å²) in [6.07, 6.45) is 2.05. The van der Waals surface area contributed by atoms with Crippen LogP contribution in [0.25, 0.3) is 0 Å². The summed E-state index contributed by atoms with van der Waals surface area (Å²) in [7, 11) is 2.05. The Morgan fingerprint density at radius 1 is 1.33 bits per heavy atom. The molecule has 0 saturated carbocycles. The first-order valence-corrected chi connectivity index (χ1v) is 5.51. The van der Waals surface area contributed by atoms with Gasteiger partial charge in [0, 0.05) is 25.1 Å². The van der Waals surface area contributed by atoms with Crippen LogP contribution in [0.3, 0.4) is 0 Å². The molecule has 2 N–H and O–H groups in total. The van der Waals surface area contributed by atoms with E-state index >= 15 is 0 Å². The molecule has 0 spiro atoms. The maximum absolute atomic E-state index is 5.56. The van der Waals surface area contributed by atoms with E-state index in [1.807, 2.05) is 34.0 Å². The summed E-state index contributed by atoms with van der Waals surface area (Å²) in [4.78, 5) is 0. The Kier molecular flexibility index (Phi) is 6.63. The number of benzene rings is 1. The standard InChI is InChI=1S/C11H17N2.C2H6/c1-4-13(3)11-6-5-10(8-12)7-9(11)2;1-2/h4-7H,8,12H2,1-3H3;1-2H3/q+1;. The Morgan fingerprint density at radius 3 is 2.33 bits per heavy atom. The van der Waals surface area contributed by atoms with Crippen molar-refractivity contribution in [3.8, 4) is 0 Å². The fourth-order valence-corrected chi connectivity index (χ4v) is 1.38. The molecule has 0 aliphatic carbocycles. The van der Waals surface area contributed by atoms with Gasteiger partial charge < -0.3 is 5.73 Å². The third-order valence-corrected chi connectivity index (χ3v) is 2.26. The molecule has 0 unspecified atom stereocenters. The lowest BCUT2D eigenvalue weighted by molar-refractivity contribution is -0.400. The SMILES string of the molecule is CC.CC=[N+](C)c1ccc(CN)cc1C. The highest BCUT2D eigenvalue weighted by Crippen LogP contribution is 2.17. The van der Waals surface area contributed by atoms with Crippen LogP contribution in [0.5, 0.6) is 0 Å². The molecule has 15 heavy (non-hydrogen) atoms. The average molecular weight is 207 g/mol. The van der Waals surface area contributed by atoms with E-state index in [2.05, 4.69) is 29.7 Å². The second kappa shape index (κ2) is 7.18. The quantitative estimate of drug-likeness (QED) is 0.586. The fraction of sp³-hybridized carbons (Fsp3) is 0.462. The highest BCUT2D eigenvalue weighted by Gasteiger charge is 2.06. The maximum atomic E-state index is 5.56. The van der Waals surface area contributed by atoms with Crippen LogP contribution in [0.4, 0.5) is 5.69 Å². The van der Waals surface area contributed by atoms with Crippen molar-refractivity contribution in [1.82, 2.24) is 0 Å². The summed E-state index contributed by atoms with van der Waals surface area (Å²) in [5.74, 6) is 0. The van der Waals surface area contributed by atoms with Gasteiger partial charge in [-0.05, 0) is 18.6 Å². The zero-order chi connectivity index (χ0) is 11.8. The molecular formula is C13H23N2+. The van der Waals surface area contributed by atoms with E-state index in [9.17, 15) is 0 Å². The molecule has 2 heteroatoms. The van der Waals surface area contributed by atoms with Crippen LogP contribution in [0, 0.1) is 6.92 Å². The van der Waals surface area contributed by atoms with E-state index in [4.69, 9.17) is 5.73 Å². The Bertz CT molecular complexity index is 327. The molecule has 1 aromatic carbocycles. The average Bonchev–Trinajstić information content (AvgIpc) is 2.30. The number of aryl methyl sites for hydroxylation is 1. The van der Waals surface area contributed by atoms with Crippen molar-refractivity contribution in [1.29, 1.82) is 0 Å². The van der Waals surface area contributed by atoms with Gasteiger partial charge in [0.05, 0.1) is 0 Å². The van der Waals surface area contributed by atoms with Crippen molar-refractivity contribution in [2.75, 3.05) is 7.05 Å². The van der Waals surface area contributed by atoms with Gasteiger partial charge in [-0.25, -0.2) is 4.58 Å². The van der Waals surface area contributed by atoms with Crippen molar-refractivity contribution in [3.05, 3.63) is 29.3 Å². The Balaban J connectivity index is 0.000000921. The highest BCUT2D eigenvalue weighted by atomic mass is 15.0. The molecule has 0 saturated heterocycles. The number of rotatable bonds is 2. The lowest BCUT2D eigenvalue weighted by atomic mass is 10.1. The minimum absolute atomic E-state index is 0.612. The summed E-state index contributed by atoms with van der Waals surface area (Å²) in [6, 6.07) is 6.31. The van der Waals surface area contributed by atoms with Crippen molar-refractivity contribution in [3.63, 3.8) is 0 Å². The summed E-state index contributed by atoms with van der Waals surface area (Å²) >= 11 is 0. The second-order valence-corrected chi connectivity index (χ2v) is 3.19. The third kappa shape index (κ3) is 3.84. The van der Waals surface area contributed by atoms with Crippen molar-refractivity contribution < 1.29 is 4.58 Å². The molecule has 2 nitrogen and oxygen atoms in total. The van der Waals surface area contributed by atoms with Gasteiger partial charge in [0.15, 0.2) is 0 Å². The van der Waals surface area contributed by atoms with E-state index in [0.29, 0.717) is 6.54 Å². The molecule has 0 aliphatic rings. The zero-order valence-corrected chi connectivity index (χ0v) is 10.5. The molecule has 0 fully saturated rings. The van der Waals surface area contributed by atoms with Gasteiger partial charge in [0.1, 0.15) is 13.3 Å². The van der Waals surface area contributed by atoms with Gasteiger partial charge in [0.25, 0.3) is 0 Å². The molecule has 0 amide bonds. The van der Waals surface area contributed by atoms with Crippen LogP contribution >= 0.6 is 0 Å². The van der Waals surface area contributed by atoms with E-state index in [1.165, 1.54) is 16.8 Å². The van der Waals surface area contributed by atoms with Crippen LogP contribution in [-0.2, 0) is 6.54 Å². The van der Waals surface area contributed by atoms with Crippen LogP contribution in [-0.4, -0.2) is 17.8 Å². The van der Waals surface area contributed by atoms with E-state index in [0.717, 1.165) is 0 Å². The molecule has 0 radical (unpaired) electrons. The topological polar surface area (TPSA) is 29.0 Å². The largest absolute Gasteiger partial charge is 0.326 e. The van der Waals surface area contributed by atoms with E-state index in [-0.39, 0.29) is 0 Å². The van der Waals surface area contributed by atoms with Crippen LogP contribution < -0.4 is 5.73 Å². The Labute approximate surface area is 93.4 Å². The lowest BCUT2D eigenvalue weighted by Crippen LogP contribution is -2.01. The second-order valence-electron chi connectivity index (χ2n) is 3.19. The summed E-state index contributed by atoms with van der Waals surface area (Å²) in [5.41, 5.74) is 9.24. The van der Waals surface area contributed by atoms with E-state index < -0.39 is 0 Å². The predicted molar refractivity (Wildman–Crippen MR) is 68.0 cm³/mol. The smallest absolute Gasteiger partial charge is 0.207 e. The minimum atomic E-state index is 0.612. The summed E-state index contributed by atoms with van der Waals surface area (Å²) in [6.45, 7) is 8.74. The first-order valence-electron chi connectivity index (χ1n) is 5.51.